The topological polar surface area (TPSA) is 35.5 Å². The van der Waals surface area contributed by atoms with Crippen molar-refractivity contribution in [3.05, 3.63) is 90.5 Å². The summed E-state index contributed by atoms with van der Waals surface area (Å²) in [5.74, 6) is 1.32. The summed E-state index contributed by atoms with van der Waals surface area (Å²) >= 11 is 0. The Hall–Kier alpha value is -3.33. The van der Waals surface area contributed by atoms with E-state index in [9.17, 15) is 4.79 Å². The van der Waals surface area contributed by atoms with Gasteiger partial charge in [-0.2, -0.15) is 0 Å². The second-order valence-corrected chi connectivity index (χ2v) is 5.76. The van der Waals surface area contributed by atoms with Crippen molar-refractivity contribution in [1.29, 1.82) is 0 Å². The van der Waals surface area contributed by atoms with Crippen LogP contribution < -0.4 is 9.47 Å². The highest BCUT2D eigenvalue weighted by molar-refractivity contribution is 6.08. The molecule has 0 saturated heterocycles. The number of carbonyl (C=O) groups is 1. The summed E-state index contributed by atoms with van der Waals surface area (Å²) < 4.78 is 10.9. The molecule has 26 heavy (non-hydrogen) atoms. The number of fused-ring (bicyclic) bond motifs is 1. The molecule has 0 fully saturated rings. The van der Waals surface area contributed by atoms with Gasteiger partial charge in [-0.05, 0) is 47.2 Å². The fourth-order valence-electron chi connectivity index (χ4n) is 2.67. The van der Waals surface area contributed by atoms with Crippen LogP contribution in [0.1, 0.15) is 15.9 Å². The van der Waals surface area contributed by atoms with Crippen molar-refractivity contribution in [1.82, 2.24) is 0 Å². The molecule has 0 aliphatic heterocycles. The molecule has 0 N–H and O–H groups in total. The maximum absolute atomic E-state index is 12.6. The van der Waals surface area contributed by atoms with E-state index in [0.717, 1.165) is 16.3 Å². The van der Waals surface area contributed by atoms with E-state index >= 15 is 0 Å². The molecule has 0 aromatic heterocycles. The lowest BCUT2D eigenvalue weighted by Crippen LogP contribution is -1.97. The zero-order chi connectivity index (χ0) is 18.4. The van der Waals surface area contributed by atoms with E-state index in [0.29, 0.717) is 23.7 Å². The number of ether oxygens (including phenoxy) is 2. The van der Waals surface area contributed by atoms with Crippen LogP contribution in [0.5, 0.6) is 11.5 Å². The smallest absolute Gasteiger partial charge is 0.185 e. The molecule has 0 aliphatic rings. The molecular formula is C23H20O3. The van der Waals surface area contributed by atoms with Gasteiger partial charge in [0.15, 0.2) is 5.78 Å². The summed E-state index contributed by atoms with van der Waals surface area (Å²) in [4.78, 5) is 12.6. The predicted octanol–water partition coefficient (Wildman–Crippen LogP) is 5.31. The molecule has 0 atom stereocenters. The Bertz CT molecular complexity index is 970. The first-order valence-corrected chi connectivity index (χ1v) is 8.34. The lowest BCUT2D eigenvalue weighted by atomic mass is 10.0. The van der Waals surface area contributed by atoms with Gasteiger partial charge in [-0.25, -0.2) is 0 Å². The van der Waals surface area contributed by atoms with E-state index in [1.54, 1.807) is 25.3 Å². The molecule has 3 heteroatoms. The SMILES string of the molecule is C=CCOc1ccc(OC)cc1/C=C/C(=O)c1ccc2ccccc2c1. The van der Waals surface area contributed by atoms with E-state index in [2.05, 4.69) is 6.58 Å². The van der Waals surface area contributed by atoms with E-state index in [4.69, 9.17) is 9.47 Å². The Labute approximate surface area is 153 Å². The Morgan fingerprint density at radius 2 is 1.85 bits per heavy atom. The van der Waals surface area contributed by atoms with E-state index in [1.807, 2.05) is 60.7 Å². The quantitative estimate of drug-likeness (QED) is 0.331. The zero-order valence-corrected chi connectivity index (χ0v) is 14.6. The van der Waals surface area contributed by atoms with Gasteiger partial charge in [-0.1, -0.05) is 49.1 Å². The Kier molecular flexibility index (Phi) is 5.49. The Morgan fingerprint density at radius 1 is 1.04 bits per heavy atom. The van der Waals surface area contributed by atoms with Crippen LogP contribution in [0.25, 0.3) is 16.8 Å². The van der Waals surface area contributed by atoms with Crippen LogP contribution in [-0.4, -0.2) is 19.5 Å². The van der Waals surface area contributed by atoms with Crippen LogP contribution in [-0.2, 0) is 0 Å². The molecule has 3 nitrogen and oxygen atoms in total. The molecule has 130 valence electrons. The molecule has 0 aliphatic carbocycles. The number of hydrogen-bond donors (Lipinski definition) is 0. The van der Waals surface area contributed by atoms with Crippen molar-refractivity contribution >= 4 is 22.6 Å². The monoisotopic (exact) mass is 344 g/mol. The molecule has 0 spiro atoms. The summed E-state index contributed by atoms with van der Waals surface area (Å²) in [6.45, 7) is 4.05. The van der Waals surface area contributed by atoms with E-state index in [-0.39, 0.29) is 5.78 Å². The maximum Gasteiger partial charge on any atom is 0.185 e. The fraction of sp³-hybridized carbons (Fsp3) is 0.0870. The van der Waals surface area contributed by atoms with Gasteiger partial charge in [0.2, 0.25) is 0 Å². The first kappa shape index (κ1) is 17.5. The molecule has 3 aromatic carbocycles. The highest BCUT2D eigenvalue weighted by Crippen LogP contribution is 2.26. The number of carbonyl (C=O) groups excluding carboxylic acids is 1. The highest BCUT2D eigenvalue weighted by atomic mass is 16.5. The maximum atomic E-state index is 12.6. The summed E-state index contributed by atoms with van der Waals surface area (Å²) in [5, 5.41) is 2.16. The van der Waals surface area contributed by atoms with Crippen LogP contribution in [0.2, 0.25) is 0 Å². The third-order valence-corrected chi connectivity index (χ3v) is 4.02. The van der Waals surface area contributed by atoms with Crippen molar-refractivity contribution in [2.45, 2.75) is 0 Å². The lowest BCUT2D eigenvalue weighted by molar-refractivity contribution is 0.104. The van der Waals surface area contributed by atoms with Gasteiger partial charge < -0.3 is 9.47 Å². The highest BCUT2D eigenvalue weighted by Gasteiger charge is 2.06. The zero-order valence-electron chi connectivity index (χ0n) is 14.6. The summed E-state index contributed by atoms with van der Waals surface area (Å²) in [7, 11) is 1.60. The third-order valence-electron chi connectivity index (χ3n) is 4.02. The van der Waals surface area contributed by atoms with Crippen molar-refractivity contribution in [3.8, 4) is 11.5 Å². The molecule has 0 unspecified atom stereocenters. The van der Waals surface area contributed by atoms with Gasteiger partial charge in [0.05, 0.1) is 7.11 Å². The van der Waals surface area contributed by atoms with Gasteiger partial charge in [0, 0.05) is 11.1 Å². The summed E-state index contributed by atoms with van der Waals surface area (Å²) in [6, 6.07) is 19.2. The molecule has 3 aromatic rings. The summed E-state index contributed by atoms with van der Waals surface area (Å²) in [5.41, 5.74) is 1.43. The molecule has 0 amide bonds. The van der Waals surface area contributed by atoms with Crippen LogP contribution in [0.15, 0.2) is 79.4 Å². The fourth-order valence-corrected chi connectivity index (χ4v) is 2.67. The second kappa shape index (κ2) is 8.17. The third kappa shape index (κ3) is 4.01. The number of benzene rings is 3. The number of allylic oxidation sites excluding steroid dienone is 1. The lowest BCUT2D eigenvalue weighted by Gasteiger charge is -2.09. The average Bonchev–Trinajstić information content (AvgIpc) is 2.70. The predicted molar refractivity (Wildman–Crippen MR) is 106 cm³/mol. The Balaban J connectivity index is 1.87. The molecular weight excluding hydrogens is 324 g/mol. The van der Waals surface area contributed by atoms with Gasteiger partial charge in [-0.15, -0.1) is 0 Å². The minimum Gasteiger partial charge on any atom is -0.497 e. The number of methoxy groups -OCH3 is 1. The molecule has 0 radical (unpaired) electrons. The number of ketones is 1. The first-order valence-electron chi connectivity index (χ1n) is 8.34. The van der Waals surface area contributed by atoms with E-state index < -0.39 is 0 Å². The summed E-state index contributed by atoms with van der Waals surface area (Å²) in [6.07, 6.45) is 4.98. The van der Waals surface area contributed by atoms with Crippen LogP contribution in [0.4, 0.5) is 0 Å². The van der Waals surface area contributed by atoms with E-state index in [1.165, 1.54) is 0 Å². The number of rotatable bonds is 7. The minimum atomic E-state index is -0.0618. The van der Waals surface area contributed by atoms with Crippen LogP contribution in [0.3, 0.4) is 0 Å². The van der Waals surface area contributed by atoms with Crippen LogP contribution in [0, 0.1) is 0 Å². The van der Waals surface area contributed by atoms with Crippen molar-refractivity contribution in [3.63, 3.8) is 0 Å². The van der Waals surface area contributed by atoms with Gasteiger partial charge >= 0.3 is 0 Å². The second-order valence-electron chi connectivity index (χ2n) is 5.76. The van der Waals surface area contributed by atoms with Gasteiger partial charge in [0.1, 0.15) is 18.1 Å². The van der Waals surface area contributed by atoms with Crippen molar-refractivity contribution in [2.75, 3.05) is 13.7 Å². The van der Waals surface area contributed by atoms with Crippen molar-refractivity contribution < 1.29 is 14.3 Å². The van der Waals surface area contributed by atoms with Crippen molar-refractivity contribution in [2.24, 2.45) is 0 Å². The Morgan fingerprint density at radius 3 is 2.62 bits per heavy atom. The molecule has 0 saturated carbocycles. The average molecular weight is 344 g/mol. The largest absolute Gasteiger partial charge is 0.497 e. The first-order chi connectivity index (χ1) is 12.7. The van der Waals surface area contributed by atoms with Crippen LogP contribution >= 0.6 is 0 Å². The van der Waals surface area contributed by atoms with Gasteiger partial charge in [-0.3, -0.25) is 4.79 Å². The van der Waals surface area contributed by atoms with Gasteiger partial charge in [0.25, 0.3) is 0 Å². The molecule has 3 rings (SSSR count). The normalized spacial score (nSPS) is 10.8. The standard InChI is InChI=1S/C23H20O3/c1-3-14-26-23-13-11-21(25-2)16-20(23)10-12-22(24)19-9-8-17-6-4-5-7-18(17)15-19/h3-13,15-16H,1,14H2,2H3/b12-10+. The molecule has 0 heterocycles. The molecule has 0 bridgehead atoms. The number of hydrogen-bond acceptors (Lipinski definition) is 3. The minimum absolute atomic E-state index is 0.0618.